The lowest BCUT2D eigenvalue weighted by atomic mass is 10.0. The van der Waals surface area contributed by atoms with Crippen LogP contribution in [0.3, 0.4) is 0 Å². The molecule has 0 fully saturated rings. The molecule has 0 spiro atoms. The average molecular weight is 289 g/mol. The van der Waals surface area contributed by atoms with Crippen LogP contribution in [-0.4, -0.2) is 24.0 Å². The van der Waals surface area contributed by atoms with Crippen molar-refractivity contribution in [1.29, 1.82) is 0 Å². The van der Waals surface area contributed by atoms with E-state index in [0.717, 1.165) is 0 Å². The SMILES string of the molecule is COc1cccc(F)c1C(=O)c1cncc(OC(C)C)c1. The van der Waals surface area contributed by atoms with Gasteiger partial charge in [-0.2, -0.15) is 0 Å². The minimum absolute atomic E-state index is 0.0415. The maximum Gasteiger partial charge on any atom is 0.201 e. The Morgan fingerprint density at radius 1 is 1.29 bits per heavy atom. The predicted molar refractivity (Wildman–Crippen MR) is 76.4 cm³/mol. The molecule has 0 radical (unpaired) electrons. The predicted octanol–water partition coefficient (Wildman–Crippen LogP) is 3.25. The number of hydrogen-bond acceptors (Lipinski definition) is 4. The van der Waals surface area contributed by atoms with Gasteiger partial charge in [0, 0.05) is 11.8 Å². The first-order valence-electron chi connectivity index (χ1n) is 6.52. The third-order valence-electron chi connectivity index (χ3n) is 2.77. The molecule has 0 bridgehead atoms. The van der Waals surface area contributed by atoms with Crippen molar-refractivity contribution in [3.63, 3.8) is 0 Å². The van der Waals surface area contributed by atoms with Crippen molar-refractivity contribution < 1.29 is 18.7 Å². The number of carbonyl (C=O) groups is 1. The summed E-state index contributed by atoms with van der Waals surface area (Å²) in [6.07, 6.45) is 2.84. The van der Waals surface area contributed by atoms with Gasteiger partial charge in [-0.15, -0.1) is 0 Å². The van der Waals surface area contributed by atoms with E-state index in [0.29, 0.717) is 5.75 Å². The number of benzene rings is 1. The second-order valence-electron chi connectivity index (χ2n) is 4.72. The van der Waals surface area contributed by atoms with Crippen molar-refractivity contribution in [2.75, 3.05) is 7.11 Å². The fraction of sp³-hybridized carbons (Fsp3) is 0.250. The van der Waals surface area contributed by atoms with Gasteiger partial charge in [0.25, 0.3) is 0 Å². The Morgan fingerprint density at radius 2 is 2.05 bits per heavy atom. The van der Waals surface area contributed by atoms with Crippen LogP contribution in [0.2, 0.25) is 0 Å². The van der Waals surface area contributed by atoms with Gasteiger partial charge in [-0.05, 0) is 32.0 Å². The fourth-order valence-electron chi connectivity index (χ4n) is 1.92. The average Bonchev–Trinajstić information content (AvgIpc) is 2.45. The van der Waals surface area contributed by atoms with E-state index in [2.05, 4.69) is 4.98 Å². The largest absolute Gasteiger partial charge is 0.496 e. The molecule has 0 unspecified atom stereocenters. The van der Waals surface area contributed by atoms with Crippen LogP contribution in [0.5, 0.6) is 11.5 Å². The molecule has 0 N–H and O–H groups in total. The quantitative estimate of drug-likeness (QED) is 0.793. The fourth-order valence-corrected chi connectivity index (χ4v) is 1.92. The molecule has 5 heteroatoms. The van der Waals surface area contributed by atoms with Crippen LogP contribution in [0, 0.1) is 5.82 Å². The first-order valence-corrected chi connectivity index (χ1v) is 6.52. The molecular weight excluding hydrogens is 273 g/mol. The second kappa shape index (κ2) is 6.35. The number of aromatic nitrogens is 1. The Kier molecular flexibility index (Phi) is 4.52. The van der Waals surface area contributed by atoms with Crippen LogP contribution >= 0.6 is 0 Å². The van der Waals surface area contributed by atoms with Gasteiger partial charge in [-0.3, -0.25) is 9.78 Å². The number of pyridine rings is 1. The summed E-state index contributed by atoms with van der Waals surface area (Å²) < 4.78 is 24.5. The molecule has 0 atom stereocenters. The zero-order valence-corrected chi connectivity index (χ0v) is 12.1. The number of nitrogens with zero attached hydrogens (tertiary/aromatic N) is 1. The highest BCUT2D eigenvalue weighted by Gasteiger charge is 2.20. The summed E-state index contributed by atoms with van der Waals surface area (Å²) in [7, 11) is 1.39. The molecule has 0 aliphatic carbocycles. The molecule has 21 heavy (non-hydrogen) atoms. The highest BCUT2D eigenvalue weighted by molar-refractivity contribution is 6.10. The smallest absolute Gasteiger partial charge is 0.201 e. The maximum atomic E-state index is 13.9. The van der Waals surface area contributed by atoms with Crippen molar-refractivity contribution in [1.82, 2.24) is 4.98 Å². The van der Waals surface area contributed by atoms with E-state index in [9.17, 15) is 9.18 Å². The van der Waals surface area contributed by atoms with Crippen molar-refractivity contribution in [3.8, 4) is 11.5 Å². The van der Waals surface area contributed by atoms with E-state index in [1.165, 1.54) is 37.7 Å². The number of ether oxygens (including phenoxy) is 2. The lowest BCUT2D eigenvalue weighted by Gasteiger charge is -2.11. The van der Waals surface area contributed by atoms with Gasteiger partial charge in [0.1, 0.15) is 22.9 Å². The molecule has 2 aromatic rings. The highest BCUT2D eigenvalue weighted by Crippen LogP contribution is 2.25. The lowest BCUT2D eigenvalue weighted by Crippen LogP contribution is -2.09. The maximum absolute atomic E-state index is 13.9. The Bertz CT molecular complexity index is 656. The van der Waals surface area contributed by atoms with E-state index in [1.54, 1.807) is 6.07 Å². The van der Waals surface area contributed by atoms with Gasteiger partial charge in [0.15, 0.2) is 0 Å². The van der Waals surface area contributed by atoms with E-state index < -0.39 is 11.6 Å². The number of carbonyl (C=O) groups excluding carboxylic acids is 1. The minimum Gasteiger partial charge on any atom is -0.496 e. The molecular formula is C16H16FNO3. The van der Waals surface area contributed by atoms with Gasteiger partial charge >= 0.3 is 0 Å². The molecule has 1 aromatic carbocycles. The molecule has 4 nitrogen and oxygen atoms in total. The van der Waals surface area contributed by atoms with Crippen molar-refractivity contribution in [2.24, 2.45) is 0 Å². The lowest BCUT2D eigenvalue weighted by molar-refractivity contribution is 0.103. The number of methoxy groups -OCH3 is 1. The number of rotatable bonds is 5. The van der Waals surface area contributed by atoms with Crippen LogP contribution in [0.25, 0.3) is 0 Å². The van der Waals surface area contributed by atoms with Crippen LogP contribution in [0.15, 0.2) is 36.7 Å². The van der Waals surface area contributed by atoms with Gasteiger partial charge in [0.05, 0.1) is 19.4 Å². The Balaban J connectivity index is 2.41. The third-order valence-corrected chi connectivity index (χ3v) is 2.77. The summed E-state index contributed by atoms with van der Waals surface area (Å²) >= 11 is 0. The number of hydrogen-bond donors (Lipinski definition) is 0. The molecule has 1 heterocycles. The summed E-state index contributed by atoms with van der Waals surface area (Å²) in [5.74, 6) is -0.470. The third kappa shape index (κ3) is 3.37. The zero-order valence-electron chi connectivity index (χ0n) is 12.1. The standard InChI is InChI=1S/C16H16FNO3/c1-10(2)21-12-7-11(8-18-9-12)16(19)15-13(17)5-4-6-14(15)20-3/h4-10H,1-3H3. The van der Waals surface area contributed by atoms with E-state index in [-0.39, 0.29) is 23.0 Å². The van der Waals surface area contributed by atoms with Crippen LogP contribution in [0.1, 0.15) is 29.8 Å². The topological polar surface area (TPSA) is 48.4 Å². The molecule has 0 saturated carbocycles. The first-order chi connectivity index (χ1) is 10.0. The highest BCUT2D eigenvalue weighted by atomic mass is 19.1. The Labute approximate surface area is 122 Å². The Morgan fingerprint density at radius 3 is 2.71 bits per heavy atom. The summed E-state index contributed by atoms with van der Waals surface area (Å²) in [4.78, 5) is 16.4. The van der Waals surface area contributed by atoms with E-state index in [1.807, 2.05) is 13.8 Å². The van der Waals surface area contributed by atoms with Crippen LogP contribution < -0.4 is 9.47 Å². The Hall–Kier alpha value is -2.43. The van der Waals surface area contributed by atoms with E-state index >= 15 is 0 Å². The molecule has 0 saturated heterocycles. The molecule has 0 amide bonds. The van der Waals surface area contributed by atoms with Crippen LogP contribution in [0.4, 0.5) is 4.39 Å². The second-order valence-corrected chi connectivity index (χ2v) is 4.72. The molecule has 1 aromatic heterocycles. The molecule has 0 aliphatic heterocycles. The van der Waals surface area contributed by atoms with Gasteiger partial charge < -0.3 is 9.47 Å². The van der Waals surface area contributed by atoms with Crippen molar-refractivity contribution in [2.45, 2.75) is 20.0 Å². The molecule has 110 valence electrons. The summed E-state index contributed by atoms with van der Waals surface area (Å²) in [5, 5.41) is 0. The normalized spacial score (nSPS) is 10.5. The first kappa shape index (κ1) is 15.0. The number of ketones is 1. The molecule has 0 aliphatic rings. The van der Waals surface area contributed by atoms with Gasteiger partial charge in [0.2, 0.25) is 5.78 Å². The monoisotopic (exact) mass is 289 g/mol. The van der Waals surface area contributed by atoms with E-state index in [4.69, 9.17) is 9.47 Å². The number of halogens is 1. The summed E-state index contributed by atoms with van der Waals surface area (Å²) in [6, 6.07) is 5.79. The summed E-state index contributed by atoms with van der Waals surface area (Å²) in [6.45, 7) is 3.74. The van der Waals surface area contributed by atoms with Gasteiger partial charge in [-0.25, -0.2) is 4.39 Å². The van der Waals surface area contributed by atoms with Crippen LogP contribution in [-0.2, 0) is 0 Å². The van der Waals surface area contributed by atoms with Crippen molar-refractivity contribution in [3.05, 3.63) is 53.6 Å². The van der Waals surface area contributed by atoms with Crippen molar-refractivity contribution >= 4 is 5.78 Å². The molecule has 2 rings (SSSR count). The summed E-state index contributed by atoms with van der Waals surface area (Å²) in [5.41, 5.74) is 0.139. The van der Waals surface area contributed by atoms with Gasteiger partial charge in [-0.1, -0.05) is 6.07 Å². The minimum atomic E-state index is -0.630. The zero-order chi connectivity index (χ0) is 15.4.